The maximum absolute atomic E-state index is 14.9. The van der Waals surface area contributed by atoms with Crippen LogP contribution in [-0.4, -0.2) is 40.8 Å². The van der Waals surface area contributed by atoms with Crippen LogP contribution in [0.4, 0.5) is 4.39 Å². The molecule has 2 saturated heterocycles. The Morgan fingerprint density at radius 3 is 2.56 bits per heavy atom. The van der Waals surface area contributed by atoms with E-state index in [1.807, 2.05) is 38.6 Å². The molecule has 1 aromatic rings. The van der Waals surface area contributed by atoms with Crippen molar-refractivity contribution in [2.75, 3.05) is 6.61 Å². The largest absolute Gasteiger partial charge is 0.525 e. The highest BCUT2D eigenvalue weighted by molar-refractivity contribution is 6.55. The third-order valence-electron chi connectivity index (χ3n) is 5.55. The zero-order valence-electron chi connectivity index (χ0n) is 15.8. The van der Waals surface area contributed by atoms with E-state index >= 15 is 0 Å². The summed E-state index contributed by atoms with van der Waals surface area (Å²) in [5.74, 6) is 0. The number of hydrogen-bond acceptors (Lipinski definition) is 4. The van der Waals surface area contributed by atoms with Gasteiger partial charge in [0.05, 0.1) is 30.0 Å². The fraction of sp³-hybridized carbons (Fsp3) is 0.722. The van der Waals surface area contributed by atoms with Crippen molar-refractivity contribution in [2.45, 2.75) is 77.7 Å². The van der Waals surface area contributed by atoms with Gasteiger partial charge in [-0.05, 0) is 59.5 Å². The summed E-state index contributed by atoms with van der Waals surface area (Å²) in [5.41, 5.74) is -0.278. The maximum Gasteiger partial charge on any atom is 0.525 e. The number of hydrogen-bond donors (Lipinski definition) is 0. The number of nitrogens with zero attached hydrogens (tertiary/aromatic N) is 2. The third kappa shape index (κ3) is 3.83. The minimum absolute atomic E-state index is 0.193. The molecule has 0 aliphatic carbocycles. The highest BCUT2D eigenvalue weighted by Crippen LogP contribution is 2.40. The summed E-state index contributed by atoms with van der Waals surface area (Å²) in [7, 11) is -0.977. The SMILES string of the molecule is CC(=C(F)B1OC(C)(C)C(C)(C)O1)c1cnn(CC2CCCCO2)c1. The summed E-state index contributed by atoms with van der Waals surface area (Å²) < 4.78 is 34.1. The summed E-state index contributed by atoms with van der Waals surface area (Å²) in [6.45, 7) is 10.9. The van der Waals surface area contributed by atoms with Gasteiger partial charge in [-0.15, -0.1) is 0 Å². The van der Waals surface area contributed by atoms with Gasteiger partial charge in [0, 0.05) is 18.4 Å². The van der Waals surface area contributed by atoms with Crippen LogP contribution in [0.15, 0.2) is 18.1 Å². The number of allylic oxidation sites excluding steroid dienone is 1. The summed E-state index contributed by atoms with van der Waals surface area (Å²) in [6, 6.07) is 0. The van der Waals surface area contributed by atoms with E-state index in [0.29, 0.717) is 12.1 Å². The Bertz CT molecular complexity index is 635. The molecule has 2 aliphatic heterocycles. The predicted molar refractivity (Wildman–Crippen MR) is 95.6 cm³/mol. The molecular weight excluding hydrogens is 322 g/mol. The molecule has 7 heteroatoms. The first-order chi connectivity index (χ1) is 11.7. The summed E-state index contributed by atoms with van der Waals surface area (Å²) in [6.07, 6.45) is 7.10. The molecule has 1 atom stereocenters. The van der Waals surface area contributed by atoms with Crippen molar-refractivity contribution >= 4 is 12.7 Å². The fourth-order valence-corrected chi connectivity index (χ4v) is 3.08. The summed E-state index contributed by atoms with van der Waals surface area (Å²) in [4.78, 5) is 0. The van der Waals surface area contributed by atoms with Crippen LogP contribution in [0.25, 0.3) is 5.57 Å². The number of halogens is 1. The molecule has 2 fully saturated rings. The van der Waals surface area contributed by atoms with Crippen LogP contribution in [0.1, 0.15) is 59.4 Å². The number of rotatable bonds is 4. The predicted octanol–water partition coefficient (Wildman–Crippen LogP) is 3.78. The van der Waals surface area contributed by atoms with Crippen LogP contribution in [0, 0.1) is 0 Å². The molecule has 0 saturated carbocycles. The van der Waals surface area contributed by atoms with Gasteiger partial charge < -0.3 is 14.0 Å². The third-order valence-corrected chi connectivity index (χ3v) is 5.55. The first-order valence-corrected chi connectivity index (χ1v) is 9.06. The van der Waals surface area contributed by atoms with Gasteiger partial charge >= 0.3 is 7.12 Å². The molecule has 2 aliphatic rings. The second-order valence-electron chi connectivity index (χ2n) is 8.00. The van der Waals surface area contributed by atoms with E-state index in [4.69, 9.17) is 14.0 Å². The minimum Gasteiger partial charge on any atom is -0.398 e. The highest BCUT2D eigenvalue weighted by Gasteiger charge is 2.53. The Kier molecular flexibility index (Phi) is 5.10. The van der Waals surface area contributed by atoms with E-state index in [1.54, 1.807) is 13.1 Å². The van der Waals surface area contributed by atoms with Crippen molar-refractivity contribution in [3.63, 3.8) is 0 Å². The Morgan fingerprint density at radius 1 is 1.28 bits per heavy atom. The zero-order chi connectivity index (χ0) is 18.2. The molecule has 1 aromatic heterocycles. The number of ether oxygens (including phenoxy) is 1. The van der Waals surface area contributed by atoms with Gasteiger partial charge in [-0.1, -0.05) is 0 Å². The second kappa shape index (κ2) is 6.85. The Morgan fingerprint density at radius 2 is 1.96 bits per heavy atom. The van der Waals surface area contributed by atoms with Gasteiger partial charge in [-0.2, -0.15) is 5.10 Å². The molecule has 0 bridgehead atoms. The van der Waals surface area contributed by atoms with Gasteiger partial charge in [-0.25, -0.2) is 4.39 Å². The van der Waals surface area contributed by atoms with E-state index < -0.39 is 24.0 Å². The topological polar surface area (TPSA) is 45.5 Å². The molecule has 0 aromatic carbocycles. The minimum atomic E-state index is -0.977. The first kappa shape index (κ1) is 18.6. The molecule has 0 amide bonds. The van der Waals surface area contributed by atoms with Crippen molar-refractivity contribution in [1.82, 2.24) is 9.78 Å². The molecule has 0 radical (unpaired) electrons. The lowest BCUT2D eigenvalue weighted by molar-refractivity contribution is 0.00399. The van der Waals surface area contributed by atoms with Crippen LogP contribution in [0.3, 0.4) is 0 Å². The van der Waals surface area contributed by atoms with Crippen LogP contribution < -0.4 is 0 Å². The average molecular weight is 350 g/mol. The molecule has 3 heterocycles. The van der Waals surface area contributed by atoms with E-state index in [9.17, 15) is 4.39 Å². The molecular formula is C18H28BFN2O3. The lowest BCUT2D eigenvalue weighted by Crippen LogP contribution is -2.41. The molecule has 5 nitrogen and oxygen atoms in total. The first-order valence-electron chi connectivity index (χ1n) is 9.06. The molecule has 0 spiro atoms. The van der Waals surface area contributed by atoms with Gasteiger partial charge in [0.15, 0.2) is 0 Å². The molecule has 0 N–H and O–H groups in total. The van der Waals surface area contributed by atoms with Crippen LogP contribution in [0.5, 0.6) is 0 Å². The molecule has 1 unspecified atom stereocenters. The lowest BCUT2D eigenvalue weighted by atomic mass is 9.84. The molecule has 25 heavy (non-hydrogen) atoms. The Balaban J connectivity index is 1.71. The maximum atomic E-state index is 14.9. The van der Waals surface area contributed by atoms with Gasteiger partial charge in [0.1, 0.15) is 5.73 Å². The van der Waals surface area contributed by atoms with Crippen molar-refractivity contribution in [1.29, 1.82) is 0 Å². The molecule has 3 rings (SSSR count). The monoisotopic (exact) mass is 350 g/mol. The van der Waals surface area contributed by atoms with Crippen LogP contribution >= 0.6 is 0 Å². The van der Waals surface area contributed by atoms with E-state index in [0.717, 1.165) is 25.0 Å². The molecule has 138 valence electrons. The highest BCUT2D eigenvalue weighted by atomic mass is 19.1. The van der Waals surface area contributed by atoms with Crippen molar-refractivity contribution in [3.8, 4) is 0 Å². The quantitative estimate of drug-likeness (QED) is 0.776. The standard InChI is InChI=1S/C18H28BFN2O3/c1-13(16(20)19-24-17(2,3)18(4,5)25-19)14-10-21-22(11-14)12-15-8-6-7-9-23-15/h10-11,15H,6-9,12H2,1-5H3. The van der Waals surface area contributed by atoms with Gasteiger partial charge in [0.2, 0.25) is 0 Å². The smallest absolute Gasteiger partial charge is 0.398 e. The summed E-state index contributed by atoms with van der Waals surface area (Å²) in [5, 5.41) is 4.35. The number of aromatic nitrogens is 2. The Hall–Kier alpha value is -1.18. The zero-order valence-corrected chi connectivity index (χ0v) is 15.8. The van der Waals surface area contributed by atoms with E-state index in [-0.39, 0.29) is 6.10 Å². The van der Waals surface area contributed by atoms with Crippen LogP contribution in [0.2, 0.25) is 0 Å². The van der Waals surface area contributed by atoms with E-state index in [2.05, 4.69) is 5.10 Å². The average Bonchev–Trinajstić information content (AvgIpc) is 3.09. The summed E-state index contributed by atoms with van der Waals surface area (Å²) >= 11 is 0. The second-order valence-corrected chi connectivity index (χ2v) is 8.00. The fourth-order valence-electron chi connectivity index (χ4n) is 3.08. The Labute approximate surface area is 149 Å². The van der Waals surface area contributed by atoms with Crippen molar-refractivity contribution < 1.29 is 18.4 Å². The van der Waals surface area contributed by atoms with E-state index in [1.165, 1.54) is 6.42 Å². The lowest BCUT2D eigenvalue weighted by Gasteiger charge is -2.32. The normalized spacial score (nSPS) is 26.6. The van der Waals surface area contributed by atoms with Crippen LogP contribution in [-0.2, 0) is 20.6 Å². The van der Waals surface area contributed by atoms with Gasteiger partial charge in [0.25, 0.3) is 0 Å². The van der Waals surface area contributed by atoms with Gasteiger partial charge in [-0.3, -0.25) is 4.68 Å². The van der Waals surface area contributed by atoms with Crippen molar-refractivity contribution in [3.05, 3.63) is 23.7 Å². The van der Waals surface area contributed by atoms with Crippen molar-refractivity contribution in [2.24, 2.45) is 0 Å².